The van der Waals surface area contributed by atoms with E-state index in [4.69, 9.17) is 9.84 Å². The van der Waals surface area contributed by atoms with Gasteiger partial charge in [-0.05, 0) is 35.1 Å². The Morgan fingerprint density at radius 1 is 1.00 bits per heavy atom. The van der Waals surface area contributed by atoms with E-state index in [0.29, 0.717) is 12.8 Å². The van der Waals surface area contributed by atoms with E-state index < -0.39 is 18.0 Å². The van der Waals surface area contributed by atoms with Gasteiger partial charge in [0.1, 0.15) is 6.61 Å². The number of benzene rings is 2. The van der Waals surface area contributed by atoms with Crippen LogP contribution < -0.4 is 10.6 Å². The van der Waals surface area contributed by atoms with E-state index in [-0.39, 0.29) is 37.4 Å². The normalized spacial score (nSPS) is 14.0. The Bertz CT molecular complexity index is 945. The average Bonchev–Trinajstić information content (AvgIpc) is 3.12. The summed E-state index contributed by atoms with van der Waals surface area (Å²) in [5, 5.41) is 14.6. The summed E-state index contributed by atoms with van der Waals surface area (Å²) in [7, 11) is 0. The van der Waals surface area contributed by atoms with Crippen LogP contribution in [0.1, 0.15) is 56.6 Å². The Hall–Kier alpha value is -3.35. The summed E-state index contributed by atoms with van der Waals surface area (Å²) < 4.78 is 5.59. The fraction of sp³-hybridized carbons (Fsp3) is 0.423. The molecule has 2 aromatic carbocycles. The molecule has 7 nitrogen and oxygen atoms in total. The fourth-order valence-corrected chi connectivity index (χ4v) is 4.32. The summed E-state index contributed by atoms with van der Waals surface area (Å²) in [6.45, 7) is 4.03. The van der Waals surface area contributed by atoms with Crippen molar-refractivity contribution in [3.8, 4) is 11.1 Å². The van der Waals surface area contributed by atoms with E-state index in [9.17, 15) is 14.4 Å². The molecule has 1 aliphatic rings. The van der Waals surface area contributed by atoms with Crippen LogP contribution in [0.25, 0.3) is 11.1 Å². The Morgan fingerprint density at radius 2 is 1.61 bits per heavy atom. The number of carbonyl (C=O) groups excluding carboxylic acids is 2. The van der Waals surface area contributed by atoms with Gasteiger partial charge in [-0.1, -0.05) is 68.8 Å². The number of carboxylic acid groups (broad SMARTS) is 1. The molecule has 2 aromatic rings. The van der Waals surface area contributed by atoms with Gasteiger partial charge in [0, 0.05) is 24.9 Å². The zero-order chi connectivity index (χ0) is 23.8. The lowest BCUT2D eigenvalue weighted by atomic mass is 9.98. The second-order valence-corrected chi connectivity index (χ2v) is 8.41. The van der Waals surface area contributed by atoms with E-state index in [1.54, 1.807) is 6.92 Å². The highest BCUT2D eigenvalue weighted by Gasteiger charge is 2.29. The standard InChI is InChI=1S/C26H32N2O5/c1-3-9-18(14-24(29)27-15-17(4-2)25(30)31)28-26(32)33-16-23-21-12-7-5-10-19(21)20-11-6-8-13-22(20)23/h5-8,10-13,17-18,23H,3-4,9,14-16H2,1-2H3,(H,27,29)(H,28,32)(H,30,31)/t17?,18-/m1/s1. The first-order chi connectivity index (χ1) is 15.9. The zero-order valence-corrected chi connectivity index (χ0v) is 19.2. The minimum absolute atomic E-state index is 0.0296. The smallest absolute Gasteiger partial charge is 0.407 e. The van der Waals surface area contributed by atoms with Crippen LogP contribution in [0.5, 0.6) is 0 Å². The van der Waals surface area contributed by atoms with Crippen LogP contribution in [0.15, 0.2) is 48.5 Å². The minimum Gasteiger partial charge on any atom is -0.481 e. The summed E-state index contributed by atoms with van der Waals surface area (Å²) in [6, 6.07) is 15.9. The van der Waals surface area contributed by atoms with Crippen molar-refractivity contribution in [2.24, 2.45) is 5.92 Å². The number of aliphatic carboxylic acids is 1. The molecule has 7 heteroatoms. The van der Waals surface area contributed by atoms with Crippen LogP contribution in [0.4, 0.5) is 4.79 Å². The molecule has 0 saturated carbocycles. The molecule has 3 N–H and O–H groups in total. The molecule has 0 aromatic heterocycles. The van der Waals surface area contributed by atoms with Crippen molar-refractivity contribution >= 4 is 18.0 Å². The largest absolute Gasteiger partial charge is 0.481 e. The molecule has 0 spiro atoms. The van der Waals surface area contributed by atoms with Crippen LogP contribution >= 0.6 is 0 Å². The lowest BCUT2D eigenvalue weighted by Gasteiger charge is -2.20. The van der Waals surface area contributed by atoms with Crippen LogP contribution in [0.2, 0.25) is 0 Å². The Morgan fingerprint density at radius 3 is 2.15 bits per heavy atom. The molecular formula is C26H32N2O5. The number of rotatable bonds is 11. The van der Waals surface area contributed by atoms with Gasteiger partial charge in [-0.2, -0.15) is 0 Å². The summed E-state index contributed by atoms with van der Waals surface area (Å²) in [6.07, 6.45) is 1.36. The first kappa shape index (κ1) is 24.3. The predicted molar refractivity (Wildman–Crippen MR) is 126 cm³/mol. The number of amides is 2. The second kappa shape index (κ2) is 11.5. The molecule has 176 valence electrons. The van der Waals surface area contributed by atoms with E-state index >= 15 is 0 Å². The van der Waals surface area contributed by atoms with Gasteiger partial charge >= 0.3 is 12.1 Å². The molecule has 2 amide bonds. The van der Waals surface area contributed by atoms with Gasteiger partial charge in [0.2, 0.25) is 5.91 Å². The Kier molecular flexibility index (Phi) is 8.46. The number of carboxylic acids is 1. The van der Waals surface area contributed by atoms with Crippen LogP contribution in [0.3, 0.4) is 0 Å². The SMILES string of the molecule is CCC[C@H](CC(=O)NCC(CC)C(=O)O)NC(=O)OCC1c2ccccc2-c2ccccc21. The van der Waals surface area contributed by atoms with Crippen molar-refractivity contribution in [2.75, 3.05) is 13.2 Å². The lowest BCUT2D eigenvalue weighted by Crippen LogP contribution is -2.41. The zero-order valence-electron chi connectivity index (χ0n) is 19.2. The summed E-state index contributed by atoms with van der Waals surface area (Å²) in [4.78, 5) is 36.0. The number of alkyl carbamates (subject to hydrolysis) is 1. The number of ether oxygens (including phenoxy) is 1. The number of nitrogens with one attached hydrogen (secondary N) is 2. The van der Waals surface area contributed by atoms with Crippen molar-refractivity contribution in [2.45, 2.75) is 51.5 Å². The Balaban J connectivity index is 1.55. The number of fused-ring (bicyclic) bond motifs is 3. The molecule has 0 fully saturated rings. The molecule has 3 rings (SSSR count). The third-order valence-corrected chi connectivity index (χ3v) is 6.12. The maximum absolute atomic E-state index is 12.5. The lowest BCUT2D eigenvalue weighted by molar-refractivity contribution is -0.141. The summed E-state index contributed by atoms with van der Waals surface area (Å²) >= 11 is 0. The van der Waals surface area contributed by atoms with Crippen molar-refractivity contribution in [1.29, 1.82) is 0 Å². The molecule has 33 heavy (non-hydrogen) atoms. The van der Waals surface area contributed by atoms with Gasteiger partial charge < -0.3 is 20.5 Å². The number of carbonyl (C=O) groups is 3. The fourth-order valence-electron chi connectivity index (χ4n) is 4.32. The summed E-state index contributed by atoms with van der Waals surface area (Å²) in [5.41, 5.74) is 4.60. The second-order valence-electron chi connectivity index (χ2n) is 8.41. The van der Waals surface area contributed by atoms with Crippen molar-refractivity contribution < 1.29 is 24.2 Å². The monoisotopic (exact) mass is 452 g/mol. The molecular weight excluding hydrogens is 420 g/mol. The van der Waals surface area contributed by atoms with Gasteiger partial charge in [0.05, 0.1) is 5.92 Å². The highest BCUT2D eigenvalue weighted by atomic mass is 16.5. The molecule has 0 radical (unpaired) electrons. The molecule has 0 saturated heterocycles. The van der Waals surface area contributed by atoms with E-state index in [0.717, 1.165) is 28.7 Å². The molecule has 0 bridgehead atoms. The maximum Gasteiger partial charge on any atom is 0.407 e. The van der Waals surface area contributed by atoms with E-state index in [1.165, 1.54) is 0 Å². The van der Waals surface area contributed by atoms with Gasteiger partial charge in [-0.15, -0.1) is 0 Å². The highest BCUT2D eigenvalue weighted by Crippen LogP contribution is 2.44. The van der Waals surface area contributed by atoms with Gasteiger partial charge in [-0.25, -0.2) is 4.79 Å². The van der Waals surface area contributed by atoms with Crippen LogP contribution in [-0.4, -0.2) is 42.3 Å². The van der Waals surface area contributed by atoms with Gasteiger partial charge in [0.25, 0.3) is 0 Å². The van der Waals surface area contributed by atoms with Gasteiger partial charge in [-0.3, -0.25) is 9.59 Å². The van der Waals surface area contributed by atoms with Crippen LogP contribution in [0, 0.1) is 5.92 Å². The third kappa shape index (κ3) is 6.12. The predicted octanol–water partition coefficient (Wildman–Crippen LogP) is 4.31. The van der Waals surface area contributed by atoms with Crippen molar-refractivity contribution in [1.82, 2.24) is 10.6 Å². The maximum atomic E-state index is 12.5. The third-order valence-electron chi connectivity index (χ3n) is 6.12. The topological polar surface area (TPSA) is 105 Å². The first-order valence-electron chi connectivity index (χ1n) is 11.6. The molecule has 1 aliphatic carbocycles. The first-order valence-corrected chi connectivity index (χ1v) is 11.6. The highest BCUT2D eigenvalue weighted by molar-refractivity contribution is 5.80. The number of hydrogen-bond donors (Lipinski definition) is 3. The number of hydrogen-bond acceptors (Lipinski definition) is 4. The van der Waals surface area contributed by atoms with E-state index in [1.807, 2.05) is 31.2 Å². The quantitative estimate of drug-likeness (QED) is 0.471. The summed E-state index contributed by atoms with van der Waals surface area (Å²) in [5.74, 6) is -1.86. The van der Waals surface area contributed by atoms with Crippen molar-refractivity contribution in [3.63, 3.8) is 0 Å². The van der Waals surface area contributed by atoms with E-state index in [2.05, 4.69) is 34.9 Å². The molecule has 1 unspecified atom stereocenters. The minimum atomic E-state index is -0.931. The molecule has 2 atom stereocenters. The average molecular weight is 453 g/mol. The molecule has 0 heterocycles. The van der Waals surface area contributed by atoms with Gasteiger partial charge in [0.15, 0.2) is 0 Å². The van der Waals surface area contributed by atoms with Crippen LogP contribution in [-0.2, 0) is 14.3 Å². The Labute approximate surface area is 194 Å². The molecule has 0 aliphatic heterocycles. The van der Waals surface area contributed by atoms with Crippen molar-refractivity contribution in [3.05, 3.63) is 59.7 Å².